The first kappa shape index (κ1) is 14.1. The zero-order chi connectivity index (χ0) is 14.4. The van der Waals surface area contributed by atoms with Crippen molar-refractivity contribution in [1.29, 1.82) is 0 Å². The molecule has 0 aliphatic heterocycles. The number of amides is 2. The van der Waals surface area contributed by atoms with Crippen molar-refractivity contribution in [2.75, 3.05) is 5.32 Å². The molecule has 2 aromatic carbocycles. The second-order valence-corrected chi connectivity index (χ2v) is 4.78. The summed E-state index contributed by atoms with van der Waals surface area (Å²) in [6.07, 6.45) is 0.854. The first-order chi connectivity index (χ1) is 9.70. The van der Waals surface area contributed by atoms with Gasteiger partial charge in [0.15, 0.2) is 0 Å². The van der Waals surface area contributed by atoms with Gasteiger partial charge in [-0.3, -0.25) is 0 Å². The molecule has 3 nitrogen and oxygen atoms in total. The summed E-state index contributed by atoms with van der Waals surface area (Å²) < 4.78 is 0. The number of rotatable bonds is 4. The van der Waals surface area contributed by atoms with Crippen LogP contribution >= 0.6 is 0 Å². The van der Waals surface area contributed by atoms with E-state index in [4.69, 9.17) is 0 Å². The third kappa shape index (κ3) is 3.60. The number of hydrogen-bond donors (Lipinski definition) is 2. The number of carbonyl (C=O) groups excluding carboxylic acids is 1. The fraction of sp³-hybridized carbons (Fsp3) is 0.235. The number of carbonyl (C=O) groups is 1. The Morgan fingerprint density at radius 1 is 1.05 bits per heavy atom. The summed E-state index contributed by atoms with van der Waals surface area (Å²) in [6.45, 7) is 4.13. The van der Waals surface area contributed by atoms with E-state index in [9.17, 15) is 4.79 Å². The molecule has 0 radical (unpaired) electrons. The maximum Gasteiger partial charge on any atom is 0.319 e. The smallest absolute Gasteiger partial charge is 0.319 e. The van der Waals surface area contributed by atoms with Gasteiger partial charge in [0.25, 0.3) is 0 Å². The van der Waals surface area contributed by atoms with Crippen LogP contribution in [0, 0.1) is 6.92 Å². The fourth-order valence-electron chi connectivity index (χ4n) is 2.22. The van der Waals surface area contributed by atoms with Crippen LogP contribution in [0.25, 0.3) is 0 Å². The van der Waals surface area contributed by atoms with Crippen molar-refractivity contribution in [2.24, 2.45) is 0 Å². The van der Waals surface area contributed by atoms with Crippen LogP contribution in [-0.2, 0) is 0 Å². The van der Waals surface area contributed by atoms with Crippen LogP contribution in [-0.4, -0.2) is 6.03 Å². The zero-order valence-corrected chi connectivity index (χ0v) is 11.9. The number of urea groups is 1. The SMILES string of the molecule is CC[C@H](NC(=O)Nc1ccccc1)c1ccccc1C. The van der Waals surface area contributed by atoms with Crippen LogP contribution < -0.4 is 10.6 Å². The van der Waals surface area contributed by atoms with Crippen molar-refractivity contribution in [3.63, 3.8) is 0 Å². The standard InChI is InChI=1S/C17H20N2O/c1-3-16(15-12-8-7-9-13(15)2)19-17(20)18-14-10-5-4-6-11-14/h4-12,16H,3H2,1-2H3,(H2,18,19,20)/t16-/m0/s1. The molecular formula is C17H20N2O. The molecule has 0 spiro atoms. The van der Waals surface area contributed by atoms with E-state index in [-0.39, 0.29) is 12.1 Å². The van der Waals surface area contributed by atoms with Gasteiger partial charge in [0, 0.05) is 5.69 Å². The van der Waals surface area contributed by atoms with E-state index in [1.807, 2.05) is 42.5 Å². The van der Waals surface area contributed by atoms with E-state index in [0.717, 1.165) is 12.1 Å². The predicted octanol–water partition coefficient (Wildman–Crippen LogP) is 4.27. The van der Waals surface area contributed by atoms with Crippen LogP contribution in [0.2, 0.25) is 0 Å². The third-order valence-electron chi connectivity index (χ3n) is 3.31. The van der Waals surface area contributed by atoms with E-state index in [0.29, 0.717) is 0 Å². The molecule has 0 heterocycles. The van der Waals surface area contributed by atoms with Gasteiger partial charge in [-0.1, -0.05) is 49.4 Å². The lowest BCUT2D eigenvalue weighted by Crippen LogP contribution is -2.32. The molecule has 2 amide bonds. The van der Waals surface area contributed by atoms with Gasteiger partial charge in [0.05, 0.1) is 6.04 Å². The molecule has 2 aromatic rings. The van der Waals surface area contributed by atoms with Crippen molar-refractivity contribution in [3.05, 3.63) is 65.7 Å². The minimum absolute atomic E-state index is 0.0277. The van der Waals surface area contributed by atoms with Crippen molar-refractivity contribution < 1.29 is 4.79 Å². The molecule has 0 fully saturated rings. The summed E-state index contributed by atoms with van der Waals surface area (Å²) in [5.74, 6) is 0. The van der Waals surface area contributed by atoms with Gasteiger partial charge in [0.1, 0.15) is 0 Å². The van der Waals surface area contributed by atoms with Crippen molar-refractivity contribution in [1.82, 2.24) is 5.32 Å². The quantitative estimate of drug-likeness (QED) is 0.854. The lowest BCUT2D eigenvalue weighted by Gasteiger charge is -2.19. The van der Waals surface area contributed by atoms with Gasteiger partial charge in [0.2, 0.25) is 0 Å². The molecule has 104 valence electrons. The van der Waals surface area contributed by atoms with Gasteiger partial charge in [-0.2, -0.15) is 0 Å². The van der Waals surface area contributed by atoms with Crippen LogP contribution in [0.1, 0.15) is 30.5 Å². The molecule has 0 aliphatic rings. The van der Waals surface area contributed by atoms with Gasteiger partial charge >= 0.3 is 6.03 Å². The second kappa shape index (κ2) is 6.75. The fourth-order valence-corrected chi connectivity index (χ4v) is 2.22. The normalized spacial score (nSPS) is 11.7. The van der Waals surface area contributed by atoms with E-state index in [1.165, 1.54) is 11.1 Å². The number of aryl methyl sites for hydroxylation is 1. The lowest BCUT2D eigenvalue weighted by atomic mass is 9.99. The summed E-state index contributed by atoms with van der Waals surface area (Å²) in [5.41, 5.74) is 3.15. The van der Waals surface area contributed by atoms with Crippen LogP contribution in [0.3, 0.4) is 0 Å². The molecule has 1 atom stereocenters. The van der Waals surface area contributed by atoms with Gasteiger partial charge in [-0.15, -0.1) is 0 Å². The second-order valence-electron chi connectivity index (χ2n) is 4.78. The Kier molecular flexibility index (Phi) is 4.77. The number of nitrogens with one attached hydrogen (secondary N) is 2. The summed E-state index contributed by atoms with van der Waals surface area (Å²) >= 11 is 0. The average molecular weight is 268 g/mol. The molecule has 0 aromatic heterocycles. The number of para-hydroxylation sites is 1. The minimum atomic E-state index is -0.175. The Morgan fingerprint density at radius 3 is 2.35 bits per heavy atom. The molecule has 0 saturated carbocycles. The van der Waals surface area contributed by atoms with Crippen molar-refractivity contribution in [3.8, 4) is 0 Å². The Morgan fingerprint density at radius 2 is 1.70 bits per heavy atom. The molecule has 20 heavy (non-hydrogen) atoms. The zero-order valence-electron chi connectivity index (χ0n) is 11.9. The first-order valence-electron chi connectivity index (χ1n) is 6.88. The van der Waals surface area contributed by atoms with Crippen molar-refractivity contribution in [2.45, 2.75) is 26.3 Å². The van der Waals surface area contributed by atoms with Crippen LogP contribution in [0.15, 0.2) is 54.6 Å². The largest absolute Gasteiger partial charge is 0.331 e. The summed E-state index contributed by atoms with van der Waals surface area (Å²) in [5, 5.41) is 5.87. The number of benzene rings is 2. The Labute approximate surface area is 120 Å². The van der Waals surface area contributed by atoms with Crippen LogP contribution in [0.5, 0.6) is 0 Å². The minimum Gasteiger partial charge on any atom is -0.331 e. The van der Waals surface area contributed by atoms with E-state index in [2.05, 4.69) is 36.6 Å². The maximum atomic E-state index is 12.0. The molecule has 0 saturated heterocycles. The number of anilines is 1. The Balaban J connectivity index is 2.04. The summed E-state index contributed by atoms with van der Waals surface area (Å²) in [7, 11) is 0. The molecule has 0 unspecified atom stereocenters. The monoisotopic (exact) mass is 268 g/mol. The molecule has 0 aliphatic carbocycles. The van der Waals surface area contributed by atoms with Crippen LogP contribution in [0.4, 0.5) is 10.5 Å². The summed E-state index contributed by atoms with van der Waals surface area (Å²) in [4.78, 5) is 12.0. The van der Waals surface area contributed by atoms with E-state index in [1.54, 1.807) is 0 Å². The highest BCUT2D eigenvalue weighted by molar-refractivity contribution is 5.89. The Bertz CT molecular complexity index is 566. The molecular weight excluding hydrogens is 248 g/mol. The van der Waals surface area contributed by atoms with Gasteiger partial charge in [-0.05, 0) is 36.6 Å². The van der Waals surface area contributed by atoms with Gasteiger partial charge < -0.3 is 10.6 Å². The summed E-state index contributed by atoms with van der Waals surface area (Å²) in [6, 6.07) is 17.4. The number of hydrogen-bond acceptors (Lipinski definition) is 1. The lowest BCUT2D eigenvalue weighted by molar-refractivity contribution is 0.248. The third-order valence-corrected chi connectivity index (χ3v) is 3.31. The van der Waals surface area contributed by atoms with E-state index >= 15 is 0 Å². The molecule has 0 bridgehead atoms. The molecule has 3 heteroatoms. The highest BCUT2D eigenvalue weighted by Gasteiger charge is 2.14. The topological polar surface area (TPSA) is 41.1 Å². The first-order valence-corrected chi connectivity index (χ1v) is 6.88. The highest BCUT2D eigenvalue weighted by atomic mass is 16.2. The van der Waals surface area contributed by atoms with Crippen molar-refractivity contribution >= 4 is 11.7 Å². The van der Waals surface area contributed by atoms with E-state index < -0.39 is 0 Å². The molecule has 2 N–H and O–H groups in total. The predicted molar refractivity (Wildman–Crippen MR) is 82.8 cm³/mol. The van der Waals surface area contributed by atoms with Gasteiger partial charge in [-0.25, -0.2) is 4.79 Å². The maximum absolute atomic E-state index is 12.0. The average Bonchev–Trinajstić information content (AvgIpc) is 2.46. The Hall–Kier alpha value is -2.29. The highest BCUT2D eigenvalue weighted by Crippen LogP contribution is 2.20. The molecule has 2 rings (SSSR count).